The summed E-state index contributed by atoms with van der Waals surface area (Å²) in [6.45, 7) is 6.48. The van der Waals surface area contributed by atoms with Gasteiger partial charge in [-0.15, -0.1) is 0 Å². The van der Waals surface area contributed by atoms with Crippen molar-refractivity contribution in [1.82, 2.24) is 4.31 Å². The van der Waals surface area contributed by atoms with E-state index in [0.717, 1.165) is 18.7 Å². The summed E-state index contributed by atoms with van der Waals surface area (Å²) < 4.78 is 7.65. The van der Waals surface area contributed by atoms with Crippen molar-refractivity contribution in [2.75, 3.05) is 19.7 Å². The van der Waals surface area contributed by atoms with Gasteiger partial charge in [0.1, 0.15) is 0 Å². The fourth-order valence-corrected chi connectivity index (χ4v) is 2.89. The number of rotatable bonds is 4. The van der Waals surface area contributed by atoms with Gasteiger partial charge in [0.05, 0.1) is 6.61 Å². The molecule has 0 saturated carbocycles. The fraction of sp³-hybridized carbons (Fsp3) is 0.357. The minimum atomic E-state index is 0.640. The van der Waals surface area contributed by atoms with Crippen LogP contribution in [0.25, 0.3) is 0 Å². The maximum Gasteiger partial charge on any atom is 0.188 e. The third kappa shape index (κ3) is 3.57. The van der Waals surface area contributed by atoms with Crippen LogP contribution in [0.15, 0.2) is 40.8 Å². The third-order valence-electron chi connectivity index (χ3n) is 2.68. The monoisotopic (exact) mass is 279 g/mol. The SMILES string of the molecule is CCOC(=S)C1=CCN(Sc2ccc(C)cc2)C1. The van der Waals surface area contributed by atoms with Crippen molar-refractivity contribution in [3.05, 3.63) is 41.5 Å². The molecular formula is C14H17NOS2. The molecule has 2 nitrogen and oxygen atoms in total. The Bertz CT molecular complexity index is 453. The van der Waals surface area contributed by atoms with Gasteiger partial charge >= 0.3 is 0 Å². The molecule has 1 aliphatic rings. The summed E-state index contributed by atoms with van der Waals surface area (Å²) in [4.78, 5) is 1.26. The topological polar surface area (TPSA) is 12.5 Å². The van der Waals surface area contributed by atoms with Gasteiger partial charge in [-0.2, -0.15) is 0 Å². The first-order chi connectivity index (χ1) is 8.69. The van der Waals surface area contributed by atoms with E-state index < -0.39 is 0 Å². The van der Waals surface area contributed by atoms with E-state index in [1.165, 1.54) is 10.5 Å². The number of hydrogen-bond acceptors (Lipinski definition) is 4. The molecule has 0 aliphatic carbocycles. The van der Waals surface area contributed by atoms with Crippen molar-refractivity contribution in [3.63, 3.8) is 0 Å². The van der Waals surface area contributed by atoms with Gasteiger partial charge in [0.25, 0.3) is 0 Å². The van der Waals surface area contributed by atoms with Gasteiger partial charge in [0.15, 0.2) is 5.05 Å². The number of ether oxygens (including phenoxy) is 1. The Morgan fingerprint density at radius 2 is 2.11 bits per heavy atom. The molecule has 1 aromatic carbocycles. The predicted octanol–water partition coefficient (Wildman–Crippen LogP) is 3.61. The maximum atomic E-state index is 5.37. The summed E-state index contributed by atoms with van der Waals surface area (Å²) in [5.74, 6) is 0. The Morgan fingerprint density at radius 3 is 2.78 bits per heavy atom. The van der Waals surface area contributed by atoms with E-state index in [4.69, 9.17) is 17.0 Å². The van der Waals surface area contributed by atoms with E-state index in [9.17, 15) is 0 Å². The van der Waals surface area contributed by atoms with Crippen LogP contribution in [0.1, 0.15) is 12.5 Å². The molecule has 0 spiro atoms. The van der Waals surface area contributed by atoms with Crippen LogP contribution in [0.4, 0.5) is 0 Å². The van der Waals surface area contributed by atoms with E-state index in [2.05, 4.69) is 41.6 Å². The van der Waals surface area contributed by atoms with Crippen LogP contribution in [0.3, 0.4) is 0 Å². The smallest absolute Gasteiger partial charge is 0.188 e. The number of benzene rings is 1. The van der Waals surface area contributed by atoms with Crippen molar-refractivity contribution in [2.45, 2.75) is 18.7 Å². The van der Waals surface area contributed by atoms with Gasteiger partial charge in [-0.25, -0.2) is 4.31 Å². The second-order valence-corrected chi connectivity index (χ2v) is 5.72. The van der Waals surface area contributed by atoms with Gasteiger partial charge in [-0.3, -0.25) is 0 Å². The summed E-state index contributed by atoms with van der Waals surface area (Å²) in [5.41, 5.74) is 2.42. The average molecular weight is 279 g/mol. The molecule has 2 rings (SSSR count). The lowest BCUT2D eigenvalue weighted by Crippen LogP contribution is -2.15. The number of thiocarbonyl (C=S) groups is 1. The number of nitrogens with zero attached hydrogens (tertiary/aromatic N) is 1. The Kier molecular flexibility index (Phi) is 4.80. The van der Waals surface area contributed by atoms with E-state index in [1.54, 1.807) is 11.9 Å². The molecule has 0 radical (unpaired) electrons. The molecule has 0 saturated heterocycles. The van der Waals surface area contributed by atoms with Crippen LogP contribution < -0.4 is 0 Å². The summed E-state index contributed by atoms with van der Waals surface area (Å²) in [6, 6.07) is 8.58. The minimum absolute atomic E-state index is 0.640. The second kappa shape index (κ2) is 6.36. The summed E-state index contributed by atoms with van der Waals surface area (Å²) in [6.07, 6.45) is 2.15. The highest BCUT2D eigenvalue weighted by molar-refractivity contribution is 7.97. The van der Waals surface area contributed by atoms with Crippen LogP contribution in [-0.4, -0.2) is 29.1 Å². The van der Waals surface area contributed by atoms with Crippen LogP contribution in [-0.2, 0) is 4.74 Å². The highest BCUT2D eigenvalue weighted by Gasteiger charge is 2.18. The Morgan fingerprint density at radius 1 is 1.39 bits per heavy atom. The van der Waals surface area contributed by atoms with Crippen molar-refractivity contribution >= 4 is 29.2 Å². The zero-order valence-electron chi connectivity index (χ0n) is 10.7. The number of aryl methyl sites for hydroxylation is 1. The van der Waals surface area contributed by atoms with Crippen LogP contribution in [0.5, 0.6) is 0 Å². The Balaban J connectivity index is 1.88. The van der Waals surface area contributed by atoms with Crippen LogP contribution >= 0.6 is 24.2 Å². The first-order valence-electron chi connectivity index (χ1n) is 6.05. The van der Waals surface area contributed by atoms with Gasteiger partial charge < -0.3 is 4.74 Å². The van der Waals surface area contributed by atoms with Crippen LogP contribution in [0.2, 0.25) is 0 Å². The van der Waals surface area contributed by atoms with Crippen molar-refractivity contribution in [2.24, 2.45) is 0 Å². The molecule has 1 aliphatic heterocycles. The van der Waals surface area contributed by atoms with Gasteiger partial charge in [0.2, 0.25) is 0 Å². The van der Waals surface area contributed by atoms with E-state index in [-0.39, 0.29) is 0 Å². The highest BCUT2D eigenvalue weighted by Crippen LogP contribution is 2.27. The van der Waals surface area contributed by atoms with Gasteiger partial charge in [-0.1, -0.05) is 23.8 Å². The molecular weight excluding hydrogens is 262 g/mol. The highest BCUT2D eigenvalue weighted by atomic mass is 32.2. The lowest BCUT2D eigenvalue weighted by atomic mass is 10.2. The zero-order chi connectivity index (χ0) is 13.0. The summed E-state index contributed by atoms with van der Waals surface area (Å²) in [5, 5.41) is 0.643. The first-order valence-corrected chi connectivity index (χ1v) is 7.23. The summed E-state index contributed by atoms with van der Waals surface area (Å²) >= 11 is 6.99. The minimum Gasteiger partial charge on any atom is -0.483 e. The second-order valence-electron chi connectivity index (χ2n) is 4.18. The van der Waals surface area contributed by atoms with Crippen molar-refractivity contribution < 1.29 is 4.74 Å². The maximum absolute atomic E-state index is 5.37. The van der Waals surface area contributed by atoms with E-state index in [1.807, 2.05) is 6.92 Å². The lowest BCUT2D eigenvalue weighted by molar-refractivity contribution is 0.335. The van der Waals surface area contributed by atoms with Gasteiger partial charge in [0, 0.05) is 23.6 Å². The van der Waals surface area contributed by atoms with Gasteiger partial charge in [-0.05, 0) is 50.1 Å². The standard InChI is InChI=1S/C14H17NOS2/c1-3-16-14(17)12-8-9-15(10-12)18-13-6-4-11(2)5-7-13/h4-8H,3,9-10H2,1-2H3. The molecule has 4 heteroatoms. The van der Waals surface area contributed by atoms with Crippen molar-refractivity contribution in [1.29, 1.82) is 0 Å². The average Bonchev–Trinajstić information content (AvgIpc) is 2.81. The third-order valence-corrected chi connectivity index (χ3v) is 4.08. The molecule has 0 amide bonds. The predicted molar refractivity (Wildman–Crippen MR) is 80.9 cm³/mol. The van der Waals surface area contributed by atoms with Crippen molar-refractivity contribution in [3.8, 4) is 0 Å². The largest absolute Gasteiger partial charge is 0.483 e. The molecule has 0 N–H and O–H groups in total. The molecule has 18 heavy (non-hydrogen) atoms. The Hall–Kier alpha value is -0.840. The fourth-order valence-electron chi connectivity index (χ4n) is 1.72. The molecule has 0 fully saturated rings. The normalized spacial score (nSPS) is 15.6. The first kappa shape index (κ1) is 13.6. The molecule has 1 aromatic rings. The molecule has 96 valence electrons. The van der Waals surface area contributed by atoms with E-state index in [0.29, 0.717) is 11.7 Å². The molecule has 0 atom stereocenters. The molecule has 0 aromatic heterocycles. The zero-order valence-corrected chi connectivity index (χ0v) is 12.3. The summed E-state index contributed by atoms with van der Waals surface area (Å²) in [7, 11) is 0. The molecule has 1 heterocycles. The molecule has 0 bridgehead atoms. The van der Waals surface area contributed by atoms with E-state index >= 15 is 0 Å². The Labute approximate surface area is 118 Å². The molecule has 0 unspecified atom stereocenters. The quantitative estimate of drug-likeness (QED) is 0.616. The number of hydrogen-bond donors (Lipinski definition) is 0. The lowest BCUT2D eigenvalue weighted by Gasteiger charge is -2.15. The van der Waals surface area contributed by atoms with Crippen LogP contribution in [0, 0.1) is 6.92 Å².